The standard InChI is InChI=1S/C13H15F6N2O/c1-11(22,13(17,18)19)6-21-5-8(20)4-9(12(14,15)16)10(21)7-2-3-7/h4-5,7,22H,2-3,6,20H2,1H3/q+1. The number of aliphatic hydroxyl groups is 1. The van der Waals surface area contributed by atoms with Gasteiger partial charge >= 0.3 is 12.4 Å². The maximum atomic E-state index is 13.1. The molecule has 0 aliphatic heterocycles. The summed E-state index contributed by atoms with van der Waals surface area (Å²) in [5, 5.41) is 9.55. The van der Waals surface area contributed by atoms with Crippen LogP contribution < -0.4 is 10.3 Å². The first-order valence-corrected chi connectivity index (χ1v) is 6.52. The fourth-order valence-corrected chi connectivity index (χ4v) is 2.27. The van der Waals surface area contributed by atoms with E-state index in [1.807, 2.05) is 0 Å². The number of nitrogens with zero attached hydrogens (tertiary/aromatic N) is 1. The van der Waals surface area contributed by atoms with Crippen molar-refractivity contribution in [3.8, 4) is 0 Å². The number of nitrogen functional groups attached to an aromatic ring is 1. The van der Waals surface area contributed by atoms with Crippen LogP contribution in [0.1, 0.15) is 36.9 Å². The Morgan fingerprint density at radius 2 is 1.77 bits per heavy atom. The highest BCUT2D eigenvalue weighted by Gasteiger charge is 2.54. The van der Waals surface area contributed by atoms with Crippen molar-refractivity contribution in [2.75, 3.05) is 5.73 Å². The number of anilines is 1. The van der Waals surface area contributed by atoms with Crippen LogP contribution in [0.2, 0.25) is 0 Å². The first kappa shape index (κ1) is 16.9. The largest absolute Gasteiger partial charge is 0.423 e. The van der Waals surface area contributed by atoms with Crippen molar-refractivity contribution >= 4 is 5.69 Å². The van der Waals surface area contributed by atoms with E-state index in [2.05, 4.69) is 0 Å². The zero-order valence-corrected chi connectivity index (χ0v) is 11.6. The molecule has 0 saturated heterocycles. The number of alkyl halides is 6. The van der Waals surface area contributed by atoms with E-state index >= 15 is 0 Å². The Morgan fingerprint density at radius 1 is 1.23 bits per heavy atom. The number of aromatic nitrogens is 1. The number of hydrogen-bond donors (Lipinski definition) is 2. The van der Waals surface area contributed by atoms with E-state index in [0.29, 0.717) is 25.8 Å². The Kier molecular flexibility index (Phi) is 3.83. The predicted octanol–water partition coefficient (Wildman–Crippen LogP) is 2.77. The van der Waals surface area contributed by atoms with E-state index in [4.69, 9.17) is 5.73 Å². The van der Waals surface area contributed by atoms with E-state index < -0.39 is 36.0 Å². The smallest absolute Gasteiger partial charge is 0.394 e. The summed E-state index contributed by atoms with van der Waals surface area (Å²) in [6.07, 6.45) is -7.77. The molecule has 1 aromatic rings. The van der Waals surface area contributed by atoms with Crippen LogP contribution in [0, 0.1) is 0 Å². The summed E-state index contributed by atoms with van der Waals surface area (Å²) in [6, 6.07) is 0.715. The molecule has 22 heavy (non-hydrogen) atoms. The second kappa shape index (κ2) is 5.00. The SMILES string of the molecule is CC(O)(C[n+]1cc(N)cc(C(F)(F)F)c1C1CC1)C(F)(F)F. The third-order valence-corrected chi connectivity index (χ3v) is 3.56. The molecule has 3 nitrogen and oxygen atoms in total. The van der Waals surface area contributed by atoms with Gasteiger partial charge in [0.25, 0.3) is 0 Å². The molecular formula is C13H15F6N2O+. The maximum absolute atomic E-state index is 13.1. The number of hydrogen-bond acceptors (Lipinski definition) is 2. The highest BCUT2D eigenvalue weighted by Crippen LogP contribution is 2.45. The average molecular weight is 329 g/mol. The van der Waals surface area contributed by atoms with Gasteiger partial charge in [-0.25, -0.2) is 0 Å². The lowest BCUT2D eigenvalue weighted by molar-refractivity contribution is -0.722. The average Bonchev–Trinajstić information content (AvgIpc) is 3.08. The Morgan fingerprint density at radius 3 is 2.18 bits per heavy atom. The Hall–Kier alpha value is -1.51. The van der Waals surface area contributed by atoms with Crippen LogP contribution in [0.4, 0.5) is 32.0 Å². The molecule has 0 radical (unpaired) electrons. The zero-order valence-electron chi connectivity index (χ0n) is 11.6. The highest BCUT2D eigenvalue weighted by molar-refractivity contribution is 5.40. The van der Waals surface area contributed by atoms with Gasteiger partial charge in [-0.2, -0.15) is 30.9 Å². The quantitative estimate of drug-likeness (QED) is 0.662. The second-order valence-corrected chi connectivity index (χ2v) is 5.74. The van der Waals surface area contributed by atoms with E-state index in [-0.39, 0.29) is 11.4 Å². The summed E-state index contributed by atoms with van der Waals surface area (Å²) >= 11 is 0. The van der Waals surface area contributed by atoms with Gasteiger partial charge in [-0.1, -0.05) is 0 Å². The maximum Gasteiger partial charge on any atom is 0.423 e. The summed E-state index contributed by atoms with van der Waals surface area (Å²) < 4.78 is 78.5. The van der Waals surface area contributed by atoms with E-state index in [1.54, 1.807) is 0 Å². The molecule has 0 spiro atoms. The van der Waals surface area contributed by atoms with Crippen molar-refractivity contribution in [1.29, 1.82) is 0 Å². The fourth-order valence-electron chi connectivity index (χ4n) is 2.27. The van der Waals surface area contributed by atoms with Crippen LogP contribution >= 0.6 is 0 Å². The molecular weight excluding hydrogens is 314 g/mol. The summed E-state index contributed by atoms with van der Waals surface area (Å²) in [7, 11) is 0. The summed E-state index contributed by atoms with van der Waals surface area (Å²) in [4.78, 5) is 0. The lowest BCUT2D eigenvalue weighted by Crippen LogP contribution is -2.56. The lowest BCUT2D eigenvalue weighted by Gasteiger charge is -2.24. The molecule has 9 heteroatoms. The number of rotatable bonds is 3. The highest BCUT2D eigenvalue weighted by atomic mass is 19.4. The molecule has 0 amide bonds. The van der Waals surface area contributed by atoms with Crippen molar-refractivity contribution < 1.29 is 36.0 Å². The molecule has 1 saturated carbocycles. The first-order valence-electron chi connectivity index (χ1n) is 6.52. The summed E-state index contributed by atoms with van der Waals surface area (Å²) in [5.74, 6) is -0.471. The Bertz CT molecular complexity index is 575. The normalized spacial score (nSPS) is 19.1. The minimum atomic E-state index is -4.97. The molecule has 1 atom stereocenters. The van der Waals surface area contributed by atoms with Crippen LogP contribution in [0.15, 0.2) is 12.3 Å². The van der Waals surface area contributed by atoms with Crippen LogP contribution in [0.5, 0.6) is 0 Å². The van der Waals surface area contributed by atoms with Gasteiger partial charge in [0.1, 0.15) is 5.56 Å². The number of halogens is 6. The van der Waals surface area contributed by atoms with Crippen molar-refractivity contribution in [2.24, 2.45) is 0 Å². The van der Waals surface area contributed by atoms with Gasteiger partial charge in [0.15, 0.2) is 18.4 Å². The van der Waals surface area contributed by atoms with Crippen molar-refractivity contribution in [1.82, 2.24) is 0 Å². The van der Waals surface area contributed by atoms with Gasteiger partial charge < -0.3 is 10.8 Å². The molecule has 124 valence electrons. The van der Waals surface area contributed by atoms with Crippen LogP contribution in [0.25, 0.3) is 0 Å². The fraction of sp³-hybridized carbons (Fsp3) is 0.615. The molecule has 1 aliphatic rings. The van der Waals surface area contributed by atoms with Crippen molar-refractivity contribution in [2.45, 2.75) is 50.2 Å². The van der Waals surface area contributed by atoms with E-state index in [1.165, 1.54) is 0 Å². The van der Waals surface area contributed by atoms with Crippen molar-refractivity contribution in [3.63, 3.8) is 0 Å². The van der Waals surface area contributed by atoms with Gasteiger partial charge in [-0.3, -0.25) is 0 Å². The molecule has 0 aromatic carbocycles. The Labute approximate surface area is 122 Å². The van der Waals surface area contributed by atoms with Gasteiger partial charge in [0.05, 0.1) is 5.69 Å². The van der Waals surface area contributed by atoms with Gasteiger partial charge in [0.2, 0.25) is 5.60 Å². The third kappa shape index (κ3) is 3.29. The topological polar surface area (TPSA) is 50.1 Å². The van der Waals surface area contributed by atoms with Crippen LogP contribution in [-0.4, -0.2) is 16.9 Å². The van der Waals surface area contributed by atoms with Crippen molar-refractivity contribution in [3.05, 3.63) is 23.5 Å². The molecule has 1 heterocycles. The molecule has 1 aliphatic carbocycles. The molecule has 2 rings (SSSR count). The first-order chi connectivity index (χ1) is 9.83. The summed E-state index contributed by atoms with van der Waals surface area (Å²) in [5.41, 5.74) is 0.618. The van der Waals surface area contributed by atoms with E-state index in [9.17, 15) is 31.4 Å². The van der Waals surface area contributed by atoms with Crippen LogP contribution in [-0.2, 0) is 12.7 Å². The third-order valence-electron chi connectivity index (χ3n) is 3.56. The number of pyridine rings is 1. The molecule has 0 bridgehead atoms. The molecule has 1 unspecified atom stereocenters. The van der Waals surface area contributed by atoms with Gasteiger partial charge in [-0.05, 0) is 25.8 Å². The monoisotopic (exact) mass is 329 g/mol. The zero-order chi connectivity index (χ0) is 16.9. The summed E-state index contributed by atoms with van der Waals surface area (Å²) in [6.45, 7) is -0.524. The molecule has 1 aromatic heterocycles. The van der Waals surface area contributed by atoms with Crippen LogP contribution in [0.3, 0.4) is 0 Å². The van der Waals surface area contributed by atoms with Gasteiger partial charge in [-0.15, -0.1) is 0 Å². The van der Waals surface area contributed by atoms with E-state index in [0.717, 1.165) is 10.8 Å². The van der Waals surface area contributed by atoms with Gasteiger partial charge in [0, 0.05) is 5.92 Å². The lowest BCUT2D eigenvalue weighted by atomic mass is 10.0. The predicted molar refractivity (Wildman–Crippen MR) is 64.7 cm³/mol. The second-order valence-electron chi connectivity index (χ2n) is 5.74. The Balaban J connectivity index is 2.54. The minimum Gasteiger partial charge on any atom is -0.394 e. The number of nitrogens with two attached hydrogens (primary N) is 1. The minimum absolute atomic E-state index is 0.258. The molecule has 3 N–H and O–H groups in total. The molecule has 1 fully saturated rings.